The molecule has 0 saturated carbocycles. The van der Waals surface area contributed by atoms with E-state index in [2.05, 4.69) is 47.0 Å². The zero-order chi connectivity index (χ0) is 19.3. The Balaban J connectivity index is 1.75. The summed E-state index contributed by atoms with van der Waals surface area (Å²) in [7, 11) is 0. The number of benzene rings is 2. The third kappa shape index (κ3) is 2.41. The summed E-state index contributed by atoms with van der Waals surface area (Å²) in [6.45, 7) is 4.78. The third-order valence-corrected chi connectivity index (χ3v) is 5.82. The molecule has 1 aliphatic heterocycles. The summed E-state index contributed by atoms with van der Waals surface area (Å²) < 4.78 is 4.06. The summed E-state index contributed by atoms with van der Waals surface area (Å²) in [5, 5.41) is 2.47. The smallest absolute Gasteiger partial charge is 0.250 e. The molecule has 138 valence electrons. The Morgan fingerprint density at radius 1 is 1.11 bits per heavy atom. The van der Waals surface area contributed by atoms with Crippen LogP contribution in [0.2, 0.25) is 0 Å². The van der Waals surface area contributed by atoms with Crippen LogP contribution in [-0.4, -0.2) is 10.3 Å². The van der Waals surface area contributed by atoms with E-state index in [-0.39, 0.29) is 11.6 Å². The Morgan fingerprint density at radius 3 is 2.79 bits per heavy atom. The molecule has 4 nitrogen and oxygen atoms in total. The van der Waals surface area contributed by atoms with Gasteiger partial charge in [-0.15, -0.1) is 0 Å². The second-order valence-corrected chi connectivity index (χ2v) is 7.34. The number of fused-ring (bicyclic) bond motifs is 4. The van der Waals surface area contributed by atoms with Crippen molar-refractivity contribution in [2.75, 3.05) is 0 Å². The van der Waals surface area contributed by atoms with Gasteiger partial charge in [-0.1, -0.05) is 66.5 Å². The van der Waals surface area contributed by atoms with Crippen molar-refractivity contribution in [2.45, 2.75) is 32.9 Å². The first-order valence-electron chi connectivity index (χ1n) is 9.77. The van der Waals surface area contributed by atoms with Crippen molar-refractivity contribution in [3.05, 3.63) is 93.9 Å². The lowest BCUT2D eigenvalue weighted by molar-refractivity contribution is -0.685. The van der Waals surface area contributed by atoms with Crippen LogP contribution in [0.4, 0.5) is 5.95 Å². The summed E-state index contributed by atoms with van der Waals surface area (Å²) in [6.07, 6.45) is 8.73. The number of aliphatic imine (C=N–C) groups is 1. The molecule has 0 N–H and O–H groups in total. The standard InChI is InChI=1S/C24H22N3O/c1-3-19-16(2)26(15-18-11-8-10-17-9-4-5-12-20(17)18)24-25-21-13-6-7-14-22(21)27(24)23(19)28/h4-14,22H,3,15H2,1-2H3/q+1. The molecule has 3 aromatic rings. The Kier molecular flexibility index (Phi) is 3.86. The van der Waals surface area contributed by atoms with E-state index >= 15 is 0 Å². The molecule has 2 aliphatic rings. The van der Waals surface area contributed by atoms with Crippen LogP contribution in [0.3, 0.4) is 0 Å². The molecule has 0 amide bonds. The quantitative estimate of drug-likeness (QED) is 0.645. The number of hydrogen-bond donors (Lipinski definition) is 0. The maximum atomic E-state index is 13.2. The molecule has 2 aromatic carbocycles. The predicted molar refractivity (Wildman–Crippen MR) is 112 cm³/mol. The molecule has 0 bridgehead atoms. The van der Waals surface area contributed by atoms with E-state index in [1.54, 1.807) is 0 Å². The van der Waals surface area contributed by atoms with E-state index in [4.69, 9.17) is 4.99 Å². The molecule has 0 radical (unpaired) electrons. The molecule has 1 unspecified atom stereocenters. The van der Waals surface area contributed by atoms with Crippen molar-refractivity contribution < 1.29 is 4.57 Å². The van der Waals surface area contributed by atoms with Gasteiger partial charge in [0.05, 0.1) is 17.8 Å². The van der Waals surface area contributed by atoms with Crippen LogP contribution in [-0.2, 0) is 13.0 Å². The molecule has 0 spiro atoms. The van der Waals surface area contributed by atoms with Gasteiger partial charge in [-0.25, -0.2) is 4.57 Å². The van der Waals surface area contributed by atoms with Gasteiger partial charge in [-0.05, 0) is 41.8 Å². The number of rotatable bonds is 3. The highest BCUT2D eigenvalue weighted by molar-refractivity contribution is 6.03. The Labute approximate surface area is 163 Å². The maximum Gasteiger partial charge on any atom is 0.403 e. The molecule has 4 heteroatoms. The highest BCUT2D eigenvalue weighted by Crippen LogP contribution is 2.28. The van der Waals surface area contributed by atoms with Crippen molar-refractivity contribution in [3.63, 3.8) is 0 Å². The zero-order valence-corrected chi connectivity index (χ0v) is 16.1. The van der Waals surface area contributed by atoms with E-state index in [9.17, 15) is 4.79 Å². The molecule has 28 heavy (non-hydrogen) atoms. The molecule has 5 rings (SSSR count). The fraction of sp³-hybridized carbons (Fsp3) is 0.208. The largest absolute Gasteiger partial charge is 0.403 e. The third-order valence-electron chi connectivity index (χ3n) is 5.82. The number of hydrogen-bond acceptors (Lipinski definition) is 2. The van der Waals surface area contributed by atoms with Gasteiger partial charge in [-0.2, -0.15) is 4.57 Å². The van der Waals surface area contributed by atoms with Gasteiger partial charge in [0.1, 0.15) is 0 Å². The molecule has 1 aliphatic carbocycles. The summed E-state index contributed by atoms with van der Waals surface area (Å²) in [6, 6.07) is 14.7. The van der Waals surface area contributed by atoms with E-state index in [1.807, 2.05) is 42.7 Å². The molecule has 0 fully saturated rings. The van der Waals surface area contributed by atoms with Gasteiger partial charge in [0.15, 0.2) is 11.8 Å². The van der Waals surface area contributed by atoms with E-state index in [0.717, 1.165) is 22.9 Å². The van der Waals surface area contributed by atoms with Crippen LogP contribution >= 0.6 is 0 Å². The first-order valence-corrected chi connectivity index (χ1v) is 9.77. The van der Waals surface area contributed by atoms with Crippen molar-refractivity contribution in [1.82, 2.24) is 4.57 Å². The highest BCUT2D eigenvalue weighted by atomic mass is 16.1. The lowest BCUT2D eigenvalue weighted by atomic mass is 10.0. The van der Waals surface area contributed by atoms with Gasteiger partial charge < -0.3 is 0 Å². The average Bonchev–Trinajstić information content (AvgIpc) is 3.11. The molecular weight excluding hydrogens is 346 g/mol. The second kappa shape index (κ2) is 6.41. The zero-order valence-electron chi connectivity index (χ0n) is 16.1. The average molecular weight is 368 g/mol. The molecule has 2 heterocycles. The second-order valence-electron chi connectivity index (χ2n) is 7.34. The monoisotopic (exact) mass is 368 g/mol. The first kappa shape index (κ1) is 16.9. The van der Waals surface area contributed by atoms with Gasteiger partial charge in [0, 0.05) is 0 Å². The predicted octanol–water partition coefficient (Wildman–Crippen LogP) is 3.96. The van der Waals surface area contributed by atoms with Crippen LogP contribution in [0.1, 0.15) is 29.8 Å². The number of nitrogens with zero attached hydrogens (tertiary/aromatic N) is 3. The van der Waals surface area contributed by atoms with Crippen LogP contribution in [0.5, 0.6) is 0 Å². The normalized spacial score (nSPS) is 16.9. The lowest BCUT2D eigenvalue weighted by Crippen LogP contribution is -2.46. The fourth-order valence-electron chi connectivity index (χ4n) is 4.35. The van der Waals surface area contributed by atoms with Crippen LogP contribution in [0.15, 0.2) is 76.6 Å². The van der Waals surface area contributed by atoms with Crippen LogP contribution in [0, 0.1) is 6.92 Å². The van der Waals surface area contributed by atoms with E-state index < -0.39 is 0 Å². The van der Waals surface area contributed by atoms with Crippen molar-refractivity contribution >= 4 is 22.4 Å². The molecule has 1 aromatic heterocycles. The van der Waals surface area contributed by atoms with Crippen molar-refractivity contribution in [3.8, 4) is 0 Å². The topological polar surface area (TPSA) is 38.2 Å². The van der Waals surface area contributed by atoms with Gasteiger partial charge in [-0.3, -0.25) is 4.79 Å². The number of aromatic nitrogens is 2. The van der Waals surface area contributed by atoms with Crippen molar-refractivity contribution in [2.24, 2.45) is 4.99 Å². The highest BCUT2D eigenvalue weighted by Gasteiger charge is 2.38. The van der Waals surface area contributed by atoms with Crippen LogP contribution in [0.25, 0.3) is 10.8 Å². The maximum absolute atomic E-state index is 13.2. The summed E-state index contributed by atoms with van der Waals surface area (Å²) >= 11 is 0. The Bertz CT molecular complexity index is 1260. The number of allylic oxidation sites excluding steroid dienone is 4. The fourth-order valence-corrected chi connectivity index (χ4v) is 4.35. The Hall–Kier alpha value is -3.27. The van der Waals surface area contributed by atoms with Crippen LogP contribution < -0.4 is 10.1 Å². The van der Waals surface area contributed by atoms with Crippen molar-refractivity contribution in [1.29, 1.82) is 0 Å². The minimum atomic E-state index is -0.0998. The van der Waals surface area contributed by atoms with Gasteiger partial charge >= 0.3 is 11.5 Å². The molecule has 0 saturated heterocycles. The molecule has 1 atom stereocenters. The summed E-state index contributed by atoms with van der Waals surface area (Å²) in [5.74, 6) is 0.740. The minimum absolute atomic E-state index is 0.0767. The van der Waals surface area contributed by atoms with E-state index in [0.29, 0.717) is 13.0 Å². The summed E-state index contributed by atoms with van der Waals surface area (Å²) in [5.41, 5.74) is 4.11. The summed E-state index contributed by atoms with van der Waals surface area (Å²) in [4.78, 5) is 18.1. The lowest BCUT2D eigenvalue weighted by Gasteiger charge is -2.15. The first-order chi connectivity index (χ1) is 13.7. The van der Waals surface area contributed by atoms with Gasteiger partial charge in [0.2, 0.25) is 0 Å². The minimum Gasteiger partial charge on any atom is -0.250 e. The van der Waals surface area contributed by atoms with Gasteiger partial charge in [0.25, 0.3) is 0 Å². The molecular formula is C24H22N3O+. The van der Waals surface area contributed by atoms with E-state index in [1.165, 1.54) is 16.3 Å². The Morgan fingerprint density at radius 2 is 1.93 bits per heavy atom. The SMILES string of the molecule is CCc1c(C)[n+](Cc2cccc3ccccc23)c2n(c1=O)C1C=CC=CC1=N2.